The maximum absolute atomic E-state index is 13.9. The van der Waals surface area contributed by atoms with E-state index in [9.17, 15) is 18.0 Å². The third-order valence-electron chi connectivity index (χ3n) is 6.02. The standard InChI is InChI=1S/C28H31Cl2N3O5S/c1-4-16-31-28(35)20(2)32(18-21-10-13-23(38-3)14-11-21)27(34)19-33(26-15-12-22(29)17-25(26)30)39(36,37)24-8-6-5-7-9-24/h5-15,17,20H,4,16,18-19H2,1-3H3,(H,31,35)/t20-/m0/s1. The zero-order valence-electron chi connectivity index (χ0n) is 21.9. The number of methoxy groups -OCH3 is 1. The molecule has 3 rings (SSSR count). The third-order valence-corrected chi connectivity index (χ3v) is 8.33. The lowest BCUT2D eigenvalue weighted by Gasteiger charge is -2.32. The van der Waals surface area contributed by atoms with Gasteiger partial charge in [0.25, 0.3) is 10.0 Å². The molecule has 2 amide bonds. The highest BCUT2D eigenvalue weighted by atomic mass is 35.5. The molecule has 208 valence electrons. The van der Waals surface area contributed by atoms with Crippen molar-refractivity contribution in [3.63, 3.8) is 0 Å². The summed E-state index contributed by atoms with van der Waals surface area (Å²) in [5.41, 5.74) is 0.826. The molecule has 0 saturated carbocycles. The summed E-state index contributed by atoms with van der Waals surface area (Å²) in [4.78, 5) is 28.1. The number of rotatable bonds is 12. The maximum Gasteiger partial charge on any atom is 0.264 e. The lowest BCUT2D eigenvalue weighted by atomic mass is 10.1. The molecule has 0 fully saturated rings. The van der Waals surface area contributed by atoms with Crippen LogP contribution in [0.1, 0.15) is 25.8 Å². The first-order chi connectivity index (χ1) is 18.6. The number of benzene rings is 3. The van der Waals surface area contributed by atoms with Crippen molar-refractivity contribution < 1.29 is 22.7 Å². The Bertz CT molecular complexity index is 1390. The van der Waals surface area contributed by atoms with Crippen LogP contribution in [0.15, 0.2) is 77.7 Å². The normalized spacial score (nSPS) is 11.9. The minimum absolute atomic E-state index is 0.0146. The maximum atomic E-state index is 13.9. The van der Waals surface area contributed by atoms with Crippen LogP contribution in [-0.2, 0) is 26.2 Å². The van der Waals surface area contributed by atoms with Crippen LogP contribution in [0.2, 0.25) is 10.0 Å². The number of ether oxygens (including phenoxy) is 1. The predicted octanol–water partition coefficient (Wildman–Crippen LogP) is 5.14. The third kappa shape index (κ3) is 7.65. The molecule has 0 spiro atoms. The molecule has 0 saturated heterocycles. The highest BCUT2D eigenvalue weighted by Gasteiger charge is 2.33. The largest absolute Gasteiger partial charge is 0.497 e. The Morgan fingerprint density at radius 2 is 1.67 bits per heavy atom. The van der Waals surface area contributed by atoms with Crippen LogP contribution >= 0.6 is 23.2 Å². The Kier molecular flexibility index (Phi) is 10.6. The van der Waals surface area contributed by atoms with E-state index in [4.69, 9.17) is 27.9 Å². The van der Waals surface area contributed by atoms with Crippen LogP contribution in [-0.4, -0.2) is 51.4 Å². The Morgan fingerprint density at radius 1 is 1.00 bits per heavy atom. The van der Waals surface area contributed by atoms with Crippen molar-refractivity contribution >= 4 is 50.7 Å². The number of halogens is 2. The fourth-order valence-electron chi connectivity index (χ4n) is 3.82. The van der Waals surface area contributed by atoms with Gasteiger partial charge in [0.1, 0.15) is 18.3 Å². The fraction of sp³-hybridized carbons (Fsp3) is 0.286. The summed E-state index contributed by atoms with van der Waals surface area (Å²) in [7, 11) is -2.67. The average molecular weight is 593 g/mol. The van der Waals surface area contributed by atoms with E-state index >= 15 is 0 Å². The second kappa shape index (κ2) is 13.7. The number of carbonyl (C=O) groups excluding carboxylic acids is 2. The van der Waals surface area contributed by atoms with Crippen molar-refractivity contribution in [1.29, 1.82) is 0 Å². The zero-order valence-corrected chi connectivity index (χ0v) is 24.3. The van der Waals surface area contributed by atoms with Gasteiger partial charge in [-0.25, -0.2) is 8.42 Å². The number of hydrogen-bond acceptors (Lipinski definition) is 5. The number of anilines is 1. The second-order valence-electron chi connectivity index (χ2n) is 8.76. The van der Waals surface area contributed by atoms with E-state index in [0.717, 1.165) is 16.3 Å². The summed E-state index contributed by atoms with van der Waals surface area (Å²) in [5, 5.41) is 3.18. The summed E-state index contributed by atoms with van der Waals surface area (Å²) in [5.74, 6) is -0.293. The quantitative estimate of drug-likeness (QED) is 0.314. The van der Waals surface area contributed by atoms with Crippen molar-refractivity contribution in [3.05, 3.63) is 88.4 Å². The van der Waals surface area contributed by atoms with Crippen LogP contribution in [0.25, 0.3) is 0 Å². The summed E-state index contributed by atoms with van der Waals surface area (Å²) in [6.45, 7) is 3.45. The first-order valence-corrected chi connectivity index (χ1v) is 14.5. The highest BCUT2D eigenvalue weighted by Crippen LogP contribution is 2.33. The van der Waals surface area contributed by atoms with E-state index in [1.807, 2.05) is 6.92 Å². The van der Waals surface area contributed by atoms with Gasteiger partial charge < -0.3 is 15.0 Å². The van der Waals surface area contributed by atoms with Crippen molar-refractivity contribution in [2.45, 2.75) is 37.8 Å². The van der Waals surface area contributed by atoms with E-state index in [2.05, 4.69) is 5.32 Å². The van der Waals surface area contributed by atoms with Gasteiger partial charge in [0.05, 0.1) is 22.7 Å². The number of nitrogens with zero attached hydrogens (tertiary/aromatic N) is 2. The zero-order chi connectivity index (χ0) is 28.6. The van der Waals surface area contributed by atoms with Crippen molar-refractivity contribution in [2.24, 2.45) is 0 Å². The van der Waals surface area contributed by atoms with Gasteiger partial charge in [0, 0.05) is 18.1 Å². The molecule has 8 nitrogen and oxygen atoms in total. The molecule has 39 heavy (non-hydrogen) atoms. The van der Waals surface area contributed by atoms with Crippen molar-refractivity contribution in [1.82, 2.24) is 10.2 Å². The van der Waals surface area contributed by atoms with Crippen LogP contribution < -0.4 is 14.4 Å². The molecule has 0 aliphatic rings. The molecule has 0 radical (unpaired) electrons. The highest BCUT2D eigenvalue weighted by molar-refractivity contribution is 7.92. The number of carbonyl (C=O) groups is 2. The Labute approximate surface area is 239 Å². The van der Waals surface area contributed by atoms with Crippen molar-refractivity contribution in [2.75, 3.05) is 24.5 Å². The molecule has 0 heterocycles. The Balaban J connectivity index is 2.03. The minimum Gasteiger partial charge on any atom is -0.497 e. The number of hydrogen-bond donors (Lipinski definition) is 1. The molecule has 1 atom stereocenters. The molecule has 3 aromatic rings. The lowest BCUT2D eigenvalue weighted by Crippen LogP contribution is -2.51. The van der Waals surface area contributed by atoms with Crippen LogP contribution in [0.4, 0.5) is 5.69 Å². The topological polar surface area (TPSA) is 96.0 Å². The molecule has 0 aromatic heterocycles. The average Bonchev–Trinajstić information content (AvgIpc) is 2.94. The number of nitrogens with one attached hydrogen (secondary N) is 1. The number of amides is 2. The molecule has 0 aliphatic carbocycles. The number of sulfonamides is 1. The van der Waals surface area contributed by atoms with Gasteiger partial charge in [-0.15, -0.1) is 0 Å². The van der Waals surface area contributed by atoms with E-state index in [-0.39, 0.29) is 28.1 Å². The second-order valence-corrected chi connectivity index (χ2v) is 11.5. The van der Waals surface area contributed by atoms with Gasteiger partial charge in [-0.3, -0.25) is 13.9 Å². The SMILES string of the molecule is CCCNC(=O)[C@H](C)N(Cc1ccc(OC)cc1)C(=O)CN(c1ccc(Cl)cc1Cl)S(=O)(=O)c1ccccc1. The van der Waals surface area contributed by atoms with E-state index < -0.39 is 28.5 Å². The van der Waals surface area contributed by atoms with E-state index in [0.29, 0.717) is 17.3 Å². The Hall–Kier alpha value is -3.27. The van der Waals surface area contributed by atoms with Gasteiger partial charge in [-0.1, -0.05) is 60.5 Å². The van der Waals surface area contributed by atoms with Crippen LogP contribution in [0.3, 0.4) is 0 Å². The first kappa shape index (κ1) is 30.3. The molecular weight excluding hydrogens is 561 g/mol. The summed E-state index contributed by atoms with van der Waals surface area (Å²) in [6.07, 6.45) is 0.725. The molecule has 11 heteroatoms. The van der Waals surface area contributed by atoms with Gasteiger partial charge in [-0.2, -0.15) is 0 Å². The molecule has 0 unspecified atom stereocenters. The van der Waals surface area contributed by atoms with Crippen molar-refractivity contribution in [3.8, 4) is 5.75 Å². The fourth-order valence-corrected chi connectivity index (χ4v) is 5.84. The first-order valence-electron chi connectivity index (χ1n) is 12.3. The van der Waals surface area contributed by atoms with Gasteiger partial charge in [0.2, 0.25) is 11.8 Å². The predicted molar refractivity (Wildman–Crippen MR) is 154 cm³/mol. The minimum atomic E-state index is -4.22. The smallest absolute Gasteiger partial charge is 0.264 e. The molecule has 0 aliphatic heterocycles. The lowest BCUT2D eigenvalue weighted by molar-refractivity contribution is -0.139. The van der Waals surface area contributed by atoms with E-state index in [1.54, 1.807) is 56.5 Å². The Morgan fingerprint density at radius 3 is 2.26 bits per heavy atom. The van der Waals surface area contributed by atoms with Gasteiger partial charge >= 0.3 is 0 Å². The summed E-state index contributed by atoms with van der Waals surface area (Å²) in [6, 6.07) is 18.3. The van der Waals surface area contributed by atoms with Crippen LogP contribution in [0, 0.1) is 0 Å². The molecule has 1 N–H and O–H groups in total. The van der Waals surface area contributed by atoms with E-state index in [1.165, 1.54) is 35.2 Å². The summed E-state index contributed by atoms with van der Waals surface area (Å²) >= 11 is 12.5. The van der Waals surface area contributed by atoms with Gasteiger partial charge in [-0.05, 0) is 61.4 Å². The molecule has 3 aromatic carbocycles. The molecule has 0 bridgehead atoms. The van der Waals surface area contributed by atoms with Gasteiger partial charge in [0.15, 0.2) is 0 Å². The van der Waals surface area contributed by atoms with Crippen LogP contribution in [0.5, 0.6) is 5.75 Å². The molecular formula is C28H31Cl2N3O5S. The monoisotopic (exact) mass is 591 g/mol. The summed E-state index contributed by atoms with van der Waals surface area (Å²) < 4.78 is 33.7.